The van der Waals surface area contributed by atoms with Crippen LogP contribution >= 0.6 is 0 Å². The van der Waals surface area contributed by atoms with Crippen molar-refractivity contribution in [3.8, 4) is 11.6 Å². The van der Waals surface area contributed by atoms with Gasteiger partial charge in [0.25, 0.3) is 0 Å². The molecule has 2 aromatic rings. The number of amides is 1. The third kappa shape index (κ3) is 4.72. The Morgan fingerprint density at radius 1 is 1.27 bits per heavy atom. The molecule has 174 valence electrons. The summed E-state index contributed by atoms with van der Waals surface area (Å²) in [5, 5.41) is 0. The Bertz CT molecular complexity index is 1120. The number of benzene rings is 1. The summed E-state index contributed by atoms with van der Waals surface area (Å²) in [6.45, 7) is 3.40. The van der Waals surface area contributed by atoms with Gasteiger partial charge < -0.3 is 15.4 Å². The average Bonchev–Trinajstić information content (AvgIpc) is 3.59. The standard InChI is InChI=1S/C24H25F3N4O2/c1-14-5-8-19-21(31(14)15(2)32)10-9-18(16(12-28)13-30-17-6-7-17)22(19)33-23-20(24(25,26)27)4-3-11-29-23/h3-4,9-14,17H,5-8,28H2,1-2H3. The van der Waals surface area contributed by atoms with Crippen LogP contribution in [0.3, 0.4) is 0 Å². The van der Waals surface area contributed by atoms with Crippen molar-refractivity contribution in [2.75, 3.05) is 4.90 Å². The molecule has 1 amide bonds. The molecule has 1 fully saturated rings. The first-order valence-corrected chi connectivity index (χ1v) is 10.8. The molecule has 0 radical (unpaired) electrons. The maximum absolute atomic E-state index is 13.6. The van der Waals surface area contributed by atoms with Crippen LogP contribution in [0.4, 0.5) is 18.9 Å². The van der Waals surface area contributed by atoms with Crippen molar-refractivity contribution in [3.05, 3.63) is 53.4 Å². The maximum Gasteiger partial charge on any atom is 0.421 e. The molecule has 1 atom stereocenters. The van der Waals surface area contributed by atoms with E-state index in [0.29, 0.717) is 35.2 Å². The van der Waals surface area contributed by atoms with Crippen molar-refractivity contribution < 1.29 is 22.7 Å². The summed E-state index contributed by atoms with van der Waals surface area (Å²) in [5.41, 5.74) is 7.17. The minimum Gasteiger partial charge on any atom is -0.437 e. The first-order valence-electron chi connectivity index (χ1n) is 10.8. The predicted molar refractivity (Wildman–Crippen MR) is 120 cm³/mol. The van der Waals surface area contributed by atoms with Gasteiger partial charge in [0.1, 0.15) is 11.3 Å². The molecule has 2 N–H and O–H groups in total. The van der Waals surface area contributed by atoms with Crippen LogP contribution in [0.1, 0.15) is 49.8 Å². The quantitative estimate of drug-likeness (QED) is 0.631. The second kappa shape index (κ2) is 8.88. The third-order valence-electron chi connectivity index (χ3n) is 5.82. The van der Waals surface area contributed by atoms with Crippen LogP contribution in [0, 0.1) is 0 Å². The predicted octanol–water partition coefficient (Wildman–Crippen LogP) is 5.11. The van der Waals surface area contributed by atoms with Crippen LogP contribution in [-0.4, -0.2) is 29.2 Å². The molecule has 1 aromatic carbocycles. The van der Waals surface area contributed by atoms with Gasteiger partial charge in [0.15, 0.2) is 0 Å². The average molecular weight is 458 g/mol. The number of ether oxygens (including phenoxy) is 1. The Hall–Kier alpha value is -3.36. The zero-order valence-corrected chi connectivity index (χ0v) is 18.4. The van der Waals surface area contributed by atoms with Gasteiger partial charge in [0.05, 0.1) is 11.7 Å². The van der Waals surface area contributed by atoms with Gasteiger partial charge in [-0.3, -0.25) is 9.79 Å². The van der Waals surface area contributed by atoms with Crippen molar-refractivity contribution in [2.45, 2.75) is 57.8 Å². The number of aliphatic imine (C=N–C) groups is 1. The lowest BCUT2D eigenvalue weighted by atomic mass is 9.91. The SMILES string of the molecule is CC(=O)N1c2ccc(C(C=NC3CC3)=CN)c(Oc3ncccc3C(F)(F)F)c2CCC1C. The molecule has 2 aliphatic rings. The zero-order chi connectivity index (χ0) is 23.8. The number of rotatable bonds is 5. The van der Waals surface area contributed by atoms with E-state index in [9.17, 15) is 18.0 Å². The highest BCUT2D eigenvalue weighted by molar-refractivity contribution is 6.11. The van der Waals surface area contributed by atoms with E-state index in [2.05, 4.69) is 9.98 Å². The van der Waals surface area contributed by atoms with E-state index in [1.807, 2.05) is 6.92 Å². The first kappa shape index (κ1) is 22.8. The number of allylic oxidation sites excluding steroid dienone is 1. The van der Waals surface area contributed by atoms with Gasteiger partial charge in [-0.25, -0.2) is 4.98 Å². The topological polar surface area (TPSA) is 80.8 Å². The lowest BCUT2D eigenvalue weighted by molar-refractivity contribution is -0.138. The van der Waals surface area contributed by atoms with Gasteiger partial charge in [-0.1, -0.05) is 0 Å². The first-order chi connectivity index (χ1) is 15.7. The monoisotopic (exact) mass is 458 g/mol. The van der Waals surface area contributed by atoms with Crippen molar-refractivity contribution in [2.24, 2.45) is 10.7 Å². The lowest BCUT2D eigenvalue weighted by Crippen LogP contribution is -2.40. The van der Waals surface area contributed by atoms with Crippen LogP contribution in [0.5, 0.6) is 11.6 Å². The largest absolute Gasteiger partial charge is 0.437 e. The van der Waals surface area contributed by atoms with Gasteiger partial charge in [0, 0.05) is 48.3 Å². The highest BCUT2D eigenvalue weighted by Crippen LogP contribution is 2.44. The second-order valence-electron chi connectivity index (χ2n) is 8.30. The summed E-state index contributed by atoms with van der Waals surface area (Å²) in [6, 6.07) is 5.82. The number of fused-ring (bicyclic) bond motifs is 1. The third-order valence-corrected chi connectivity index (χ3v) is 5.82. The number of pyridine rings is 1. The number of nitrogens with zero attached hydrogens (tertiary/aromatic N) is 3. The fourth-order valence-corrected chi connectivity index (χ4v) is 4.02. The molecule has 1 aliphatic carbocycles. The number of hydrogen-bond donors (Lipinski definition) is 1. The molecule has 6 nitrogen and oxygen atoms in total. The fraction of sp³-hybridized carbons (Fsp3) is 0.375. The van der Waals surface area contributed by atoms with E-state index in [1.165, 1.54) is 25.4 Å². The Morgan fingerprint density at radius 2 is 2.03 bits per heavy atom. The van der Waals surface area contributed by atoms with Gasteiger partial charge in [0.2, 0.25) is 11.8 Å². The van der Waals surface area contributed by atoms with E-state index in [1.54, 1.807) is 23.2 Å². The fourth-order valence-electron chi connectivity index (χ4n) is 4.02. The number of halogens is 3. The number of nitrogens with two attached hydrogens (primary N) is 1. The van der Waals surface area contributed by atoms with E-state index in [-0.39, 0.29) is 23.7 Å². The van der Waals surface area contributed by atoms with Crippen molar-refractivity contribution in [1.82, 2.24) is 4.98 Å². The van der Waals surface area contributed by atoms with Crippen LogP contribution in [-0.2, 0) is 17.4 Å². The summed E-state index contributed by atoms with van der Waals surface area (Å²) in [7, 11) is 0. The molecule has 2 heterocycles. The molecule has 1 unspecified atom stereocenters. The summed E-state index contributed by atoms with van der Waals surface area (Å²) in [4.78, 5) is 22.3. The summed E-state index contributed by atoms with van der Waals surface area (Å²) >= 11 is 0. The second-order valence-corrected chi connectivity index (χ2v) is 8.30. The molecule has 1 saturated carbocycles. The summed E-state index contributed by atoms with van der Waals surface area (Å²) in [5.74, 6) is -0.502. The Labute approximate surface area is 190 Å². The molecular formula is C24H25F3N4O2. The summed E-state index contributed by atoms with van der Waals surface area (Å²) in [6.07, 6.45) is 2.75. The van der Waals surface area contributed by atoms with Crippen LogP contribution < -0.4 is 15.4 Å². The smallest absolute Gasteiger partial charge is 0.421 e. The molecule has 33 heavy (non-hydrogen) atoms. The molecule has 0 bridgehead atoms. The Morgan fingerprint density at radius 3 is 2.67 bits per heavy atom. The number of hydrogen-bond acceptors (Lipinski definition) is 5. The van der Waals surface area contributed by atoms with E-state index >= 15 is 0 Å². The minimum absolute atomic E-state index is 0.0461. The molecule has 9 heteroatoms. The molecule has 0 spiro atoms. The molecule has 1 aromatic heterocycles. The molecule has 0 saturated heterocycles. The zero-order valence-electron chi connectivity index (χ0n) is 18.4. The van der Waals surface area contributed by atoms with Gasteiger partial charge in [-0.05, 0) is 56.9 Å². The van der Waals surface area contributed by atoms with Crippen LogP contribution in [0.25, 0.3) is 5.57 Å². The Kier molecular flexibility index (Phi) is 6.14. The van der Waals surface area contributed by atoms with Crippen molar-refractivity contribution >= 4 is 23.4 Å². The van der Waals surface area contributed by atoms with Crippen molar-refractivity contribution in [3.63, 3.8) is 0 Å². The van der Waals surface area contributed by atoms with E-state index < -0.39 is 17.6 Å². The van der Waals surface area contributed by atoms with Gasteiger partial charge >= 0.3 is 6.18 Å². The van der Waals surface area contributed by atoms with Gasteiger partial charge in [-0.15, -0.1) is 0 Å². The van der Waals surface area contributed by atoms with Crippen LogP contribution in [0.15, 0.2) is 41.7 Å². The molecule has 4 rings (SSSR count). The number of aromatic nitrogens is 1. The highest BCUT2D eigenvalue weighted by Gasteiger charge is 2.36. The number of alkyl halides is 3. The number of anilines is 1. The number of carbonyl (C=O) groups excluding carboxylic acids is 1. The minimum atomic E-state index is -4.64. The Balaban J connectivity index is 1.88. The molecular weight excluding hydrogens is 433 g/mol. The van der Waals surface area contributed by atoms with E-state index in [0.717, 1.165) is 18.9 Å². The highest BCUT2D eigenvalue weighted by atomic mass is 19.4. The van der Waals surface area contributed by atoms with E-state index in [4.69, 9.17) is 10.5 Å². The number of carbonyl (C=O) groups is 1. The van der Waals surface area contributed by atoms with Gasteiger partial charge in [-0.2, -0.15) is 13.2 Å². The summed E-state index contributed by atoms with van der Waals surface area (Å²) < 4.78 is 46.8. The van der Waals surface area contributed by atoms with Crippen molar-refractivity contribution in [1.29, 1.82) is 0 Å². The molecule has 1 aliphatic heterocycles. The normalized spacial score (nSPS) is 19.0. The van der Waals surface area contributed by atoms with Crippen LogP contribution in [0.2, 0.25) is 0 Å². The lowest BCUT2D eigenvalue weighted by Gasteiger charge is -2.36. The maximum atomic E-state index is 13.6.